The summed E-state index contributed by atoms with van der Waals surface area (Å²) in [4.78, 5) is 2.45. The predicted molar refractivity (Wildman–Crippen MR) is 272 cm³/mol. The van der Waals surface area contributed by atoms with E-state index in [1.165, 1.54) is 66.1 Å². The van der Waals surface area contributed by atoms with Crippen LogP contribution in [0.15, 0.2) is 253 Å². The molecule has 1 aliphatic rings. The van der Waals surface area contributed by atoms with Crippen molar-refractivity contribution < 1.29 is 4.42 Å². The van der Waals surface area contributed by atoms with Crippen molar-refractivity contribution in [3.63, 3.8) is 0 Å². The Bertz CT molecular complexity index is 3710. The van der Waals surface area contributed by atoms with Crippen molar-refractivity contribution in [2.24, 2.45) is 0 Å². The first-order valence-corrected chi connectivity index (χ1v) is 22.4. The van der Waals surface area contributed by atoms with E-state index >= 15 is 0 Å². The van der Waals surface area contributed by atoms with Gasteiger partial charge in [0.15, 0.2) is 0 Å². The van der Waals surface area contributed by atoms with E-state index in [-0.39, 0.29) is 0 Å². The van der Waals surface area contributed by atoms with Gasteiger partial charge in [-0.1, -0.05) is 206 Å². The van der Waals surface area contributed by atoms with E-state index in [1.807, 2.05) is 12.1 Å². The van der Waals surface area contributed by atoms with Gasteiger partial charge in [-0.3, -0.25) is 0 Å². The number of hydrogen-bond acceptors (Lipinski definition) is 2. The Balaban J connectivity index is 0.997. The average Bonchev–Trinajstić information content (AvgIpc) is 3.92. The summed E-state index contributed by atoms with van der Waals surface area (Å²) in [5.74, 6) is 0. The summed E-state index contributed by atoms with van der Waals surface area (Å²) in [5, 5.41) is 7.31. The third-order valence-corrected chi connectivity index (χ3v) is 13.7. The second-order valence-corrected chi connectivity index (χ2v) is 17.2. The van der Waals surface area contributed by atoms with Gasteiger partial charge < -0.3 is 9.32 Å². The van der Waals surface area contributed by atoms with Gasteiger partial charge in [-0.2, -0.15) is 0 Å². The van der Waals surface area contributed by atoms with Gasteiger partial charge >= 0.3 is 0 Å². The second kappa shape index (κ2) is 14.8. The van der Waals surface area contributed by atoms with Crippen LogP contribution in [0.2, 0.25) is 0 Å². The molecule has 0 amide bonds. The maximum atomic E-state index is 6.51. The molecule has 12 aromatic rings. The minimum atomic E-state index is -0.517. The number of furan rings is 1. The van der Waals surface area contributed by atoms with Crippen molar-refractivity contribution in [2.45, 2.75) is 5.41 Å². The van der Waals surface area contributed by atoms with E-state index in [4.69, 9.17) is 4.42 Å². The van der Waals surface area contributed by atoms with Crippen molar-refractivity contribution in [1.29, 1.82) is 0 Å². The minimum absolute atomic E-state index is 0.517. The second-order valence-electron chi connectivity index (χ2n) is 17.2. The largest absolute Gasteiger partial charge is 0.455 e. The summed E-state index contributed by atoms with van der Waals surface area (Å²) in [5.41, 5.74) is 16.6. The molecule has 0 unspecified atom stereocenters. The van der Waals surface area contributed by atoms with Gasteiger partial charge in [-0.15, -0.1) is 0 Å². The van der Waals surface area contributed by atoms with Gasteiger partial charge in [0.05, 0.1) is 11.1 Å². The summed E-state index contributed by atoms with van der Waals surface area (Å²) < 4.78 is 6.51. The Labute approximate surface area is 377 Å². The predicted octanol–water partition coefficient (Wildman–Crippen LogP) is 17.1. The van der Waals surface area contributed by atoms with Crippen molar-refractivity contribution in [2.75, 3.05) is 4.90 Å². The molecule has 13 rings (SSSR count). The highest BCUT2D eigenvalue weighted by atomic mass is 16.3. The Morgan fingerprint density at radius 3 is 1.66 bits per heavy atom. The number of hydrogen-bond donors (Lipinski definition) is 0. The van der Waals surface area contributed by atoms with Crippen molar-refractivity contribution >= 4 is 60.5 Å². The first-order valence-electron chi connectivity index (χ1n) is 22.4. The fourth-order valence-electron chi connectivity index (χ4n) is 10.8. The number of para-hydroxylation sites is 2. The van der Waals surface area contributed by atoms with Gasteiger partial charge in [0.25, 0.3) is 0 Å². The molecule has 2 heteroatoms. The molecule has 0 atom stereocenters. The molecule has 304 valence electrons. The van der Waals surface area contributed by atoms with Crippen LogP contribution in [0.4, 0.5) is 17.1 Å². The molecule has 0 saturated heterocycles. The van der Waals surface area contributed by atoms with Gasteiger partial charge in [-0.25, -0.2) is 0 Å². The summed E-state index contributed by atoms with van der Waals surface area (Å²) >= 11 is 0. The monoisotopic (exact) mass is 827 g/mol. The molecule has 11 aromatic carbocycles. The summed E-state index contributed by atoms with van der Waals surface area (Å²) in [7, 11) is 0. The average molecular weight is 828 g/mol. The quantitative estimate of drug-likeness (QED) is 0.149. The van der Waals surface area contributed by atoms with Crippen LogP contribution >= 0.6 is 0 Å². The molecule has 65 heavy (non-hydrogen) atoms. The molecule has 0 N–H and O–H groups in total. The minimum Gasteiger partial charge on any atom is -0.455 e. The van der Waals surface area contributed by atoms with Crippen LogP contribution in [0.3, 0.4) is 0 Å². The number of benzene rings is 11. The first-order chi connectivity index (χ1) is 32.2. The molecule has 2 nitrogen and oxygen atoms in total. The molecule has 1 aromatic heterocycles. The Morgan fingerprint density at radius 2 is 0.892 bits per heavy atom. The highest BCUT2D eigenvalue weighted by Crippen LogP contribution is 2.59. The van der Waals surface area contributed by atoms with Crippen LogP contribution in [-0.4, -0.2) is 0 Å². The molecule has 0 radical (unpaired) electrons. The highest BCUT2D eigenvalue weighted by Gasteiger charge is 2.47. The molecule has 0 fully saturated rings. The molecule has 0 saturated carbocycles. The van der Waals surface area contributed by atoms with Gasteiger partial charge in [0, 0.05) is 33.3 Å². The lowest BCUT2D eigenvalue weighted by molar-refractivity contribution is 0.670. The standard InChI is InChI=1S/C63H41NO/c1-3-16-47(17-4-1)63(48-18-5-2-6-19-48)57-25-11-9-22-56(57)61-58(63)26-14-27-59(61)64(50-38-33-44(34-39-50)53-23-13-24-55-54-21-10-12-28-60(54)65-62(53)55)49-36-31-42(32-37-49)45-35-40-52-46(41-45)30-29-43-15-7-8-20-51(43)52/h1-41H. The fourth-order valence-corrected chi connectivity index (χ4v) is 10.8. The molecule has 1 heterocycles. The van der Waals surface area contributed by atoms with E-state index < -0.39 is 5.41 Å². The van der Waals surface area contributed by atoms with E-state index in [0.717, 1.165) is 50.1 Å². The highest BCUT2D eigenvalue weighted by molar-refractivity contribution is 6.10. The van der Waals surface area contributed by atoms with Gasteiger partial charge in [-0.05, 0) is 109 Å². The van der Waals surface area contributed by atoms with Crippen molar-refractivity contribution in [3.8, 4) is 33.4 Å². The molecule has 0 spiro atoms. The molecule has 0 aliphatic heterocycles. The number of nitrogens with zero attached hydrogens (tertiary/aromatic N) is 1. The molecule has 0 bridgehead atoms. The molecular formula is C63H41NO. The van der Waals surface area contributed by atoms with Crippen molar-refractivity contribution in [3.05, 3.63) is 271 Å². The van der Waals surface area contributed by atoms with E-state index in [9.17, 15) is 0 Å². The summed E-state index contributed by atoms with van der Waals surface area (Å²) in [6, 6.07) is 90.8. The number of anilines is 3. The number of fused-ring (bicyclic) bond motifs is 9. The van der Waals surface area contributed by atoms with Crippen LogP contribution in [0.25, 0.3) is 76.9 Å². The zero-order chi connectivity index (χ0) is 42.9. The maximum Gasteiger partial charge on any atom is 0.143 e. The lowest BCUT2D eigenvalue weighted by atomic mass is 9.68. The van der Waals surface area contributed by atoms with Gasteiger partial charge in [0.1, 0.15) is 11.2 Å². The SMILES string of the molecule is c1ccc(C2(c3ccccc3)c3ccccc3-c3c(N(c4ccc(-c5ccc6c(ccc7ccccc76)c5)cc4)c4ccc(-c5cccc6c5oc5ccccc56)cc4)cccc32)cc1. The molecular weight excluding hydrogens is 787 g/mol. The van der Waals surface area contributed by atoms with E-state index in [0.29, 0.717) is 0 Å². The van der Waals surface area contributed by atoms with Gasteiger partial charge in [0.2, 0.25) is 0 Å². The first kappa shape index (κ1) is 37.1. The van der Waals surface area contributed by atoms with Crippen LogP contribution in [0, 0.1) is 0 Å². The zero-order valence-electron chi connectivity index (χ0n) is 35.5. The zero-order valence-corrected chi connectivity index (χ0v) is 35.5. The lowest BCUT2D eigenvalue weighted by Crippen LogP contribution is -2.28. The Morgan fingerprint density at radius 1 is 0.338 bits per heavy atom. The number of rotatable bonds is 7. The van der Waals surface area contributed by atoms with Crippen LogP contribution in [0.5, 0.6) is 0 Å². The lowest BCUT2D eigenvalue weighted by Gasteiger charge is -2.34. The topological polar surface area (TPSA) is 16.4 Å². The van der Waals surface area contributed by atoms with E-state index in [2.05, 4.69) is 241 Å². The normalized spacial score (nSPS) is 12.7. The van der Waals surface area contributed by atoms with Crippen LogP contribution in [0.1, 0.15) is 22.3 Å². The summed E-state index contributed by atoms with van der Waals surface area (Å²) in [6.45, 7) is 0. The van der Waals surface area contributed by atoms with E-state index in [1.54, 1.807) is 0 Å². The Hall–Kier alpha value is -8.46. The van der Waals surface area contributed by atoms with Crippen molar-refractivity contribution in [1.82, 2.24) is 0 Å². The third kappa shape index (κ3) is 5.74. The fraction of sp³-hybridized carbons (Fsp3) is 0.0159. The third-order valence-electron chi connectivity index (χ3n) is 13.7. The Kier molecular flexibility index (Phi) is 8.47. The van der Waals surface area contributed by atoms with Crippen LogP contribution < -0.4 is 4.90 Å². The molecule has 1 aliphatic carbocycles. The smallest absolute Gasteiger partial charge is 0.143 e. The maximum absolute atomic E-state index is 6.51. The summed E-state index contributed by atoms with van der Waals surface area (Å²) in [6.07, 6.45) is 0. The van der Waals surface area contributed by atoms with Crippen LogP contribution in [-0.2, 0) is 5.41 Å².